The minimum Gasteiger partial charge on any atom is -0.255 e. The molecule has 4 nitrogen and oxygen atoms in total. The highest BCUT2D eigenvalue weighted by atomic mass is 32.2. The zero-order chi connectivity index (χ0) is 19.4. The Morgan fingerprint density at radius 1 is 0.857 bits per heavy atom. The van der Waals surface area contributed by atoms with Crippen LogP contribution in [0.5, 0.6) is 0 Å². The van der Waals surface area contributed by atoms with Gasteiger partial charge in [-0.25, -0.2) is 13.1 Å². The summed E-state index contributed by atoms with van der Waals surface area (Å²) in [6.45, 7) is 0.180. The van der Waals surface area contributed by atoms with E-state index in [0.717, 1.165) is 27.3 Å². The molecule has 0 radical (unpaired) electrons. The molecule has 2 aromatic carbocycles. The van der Waals surface area contributed by atoms with Crippen molar-refractivity contribution in [3.8, 4) is 21.7 Å². The average Bonchev–Trinajstić information content (AvgIpc) is 3.28. The quantitative estimate of drug-likeness (QED) is 0.493. The summed E-state index contributed by atoms with van der Waals surface area (Å²) in [4.78, 5) is 5.68. The van der Waals surface area contributed by atoms with Crippen molar-refractivity contribution in [2.75, 3.05) is 0 Å². The van der Waals surface area contributed by atoms with E-state index < -0.39 is 10.0 Å². The first-order valence-electron chi connectivity index (χ1n) is 8.76. The number of aromatic nitrogens is 1. The van der Waals surface area contributed by atoms with Crippen LogP contribution < -0.4 is 4.72 Å². The summed E-state index contributed by atoms with van der Waals surface area (Å²) < 4.78 is 28.4. The Hall–Kier alpha value is -2.80. The summed E-state index contributed by atoms with van der Waals surface area (Å²) in [5.74, 6) is 0. The number of sulfonamides is 1. The predicted octanol–water partition coefficient (Wildman–Crippen LogP) is 4.96. The maximum absolute atomic E-state index is 12.9. The molecule has 0 spiro atoms. The number of nitrogens with one attached hydrogen (secondary N) is 1. The number of benzene rings is 2. The molecule has 0 atom stereocenters. The molecular weight excluding hydrogens is 388 g/mol. The molecule has 0 unspecified atom stereocenters. The van der Waals surface area contributed by atoms with Gasteiger partial charge in [0.05, 0.1) is 15.5 Å². The third-order valence-electron chi connectivity index (χ3n) is 4.35. The Balaban J connectivity index is 1.58. The minimum absolute atomic E-state index is 0.180. The van der Waals surface area contributed by atoms with Gasteiger partial charge >= 0.3 is 0 Å². The largest absolute Gasteiger partial charge is 0.255 e. The lowest BCUT2D eigenvalue weighted by atomic mass is 10.1. The Morgan fingerprint density at radius 3 is 2.46 bits per heavy atom. The monoisotopic (exact) mass is 406 g/mol. The second-order valence-corrected chi connectivity index (χ2v) is 8.92. The lowest BCUT2D eigenvalue weighted by Gasteiger charge is -2.11. The normalized spacial score (nSPS) is 11.4. The predicted molar refractivity (Wildman–Crippen MR) is 113 cm³/mol. The molecular formula is C22H18N2O2S2. The van der Waals surface area contributed by atoms with Gasteiger partial charge in [0.1, 0.15) is 0 Å². The maximum Gasteiger partial charge on any atom is 0.240 e. The Bertz CT molecular complexity index is 1170. The molecule has 0 aliphatic heterocycles. The Morgan fingerprint density at radius 2 is 1.68 bits per heavy atom. The molecule has 0 saturated carbocycles. The SMILES string of the molecule is O=S(=O)(NCc1cccnc1-c1cccs1)c1cccc(-c2ccccc2)c1. The van der Waals surface area contributed by atoms with Crippen molar-refractivity contribution in [2.24, 2.45) is 0 Å². The average molecular weight is 407 g/mol. The van der Waals surface area contributed by atoms with Gasteiger partial charge in [0.25, 0.3) is 0 Å². The van der Waals surface area contributed by atoms with Crippen LogP contribution in [0.1, 0.15) is 5.56 Å². The second-order valence-electron chi connectivity index (χ2n) is 6.21. The lowest BCUT2D eigenvalue weighted by Crippen LogP contribution is -2.23. The molecule has 140 valence electrons. The first kappa shape index (κ1) is 18.6. The van der Waals surface area contributed by atoms with Crippen LogP contribution >= 0.6 is 11.3 Å². The summed E-state index contributed by atoms with van der Waals surface area (Å²) in [6.07, 6.45) is 1.72. The van der Waals surface area contributed by atoms with E-state index in [1.54, 1.807) is 35.7 Å². The van der Waals surface area contributed by atoms with Gasteiger partial charge in [0.2, 0.25) is 10.0 Å². The van der Waals surface area contributed by atoms with Gasteiger partial charge in [-0.15, -0.1) is 11.3 Å². The molecule has 0 bridgehead atoms. The van der Waals surface area contributed by atoms with Crippen molar-refractivity contribution in [2.45, 2.75) is 11.4 Å². The van der Waals surface area contributed by atoms with Crippen LogP contribution in [0.25, 0.3) is 21.7 Å². The summed E-state index contributed by atoms with van der Waals surface area (Å²) in [7, 11) is -3.65. The van der Waals surface area contributed by atoms with Gasteiger partial charge in [-0.05, 0) is 46.3 Å². The highest BCUT2D eigenvalue weighted by Crippen LogP contribution is 2.26. The van der Waals surface area contributed by atoms with Gasteiger partial charge in [-0.2, -0.15) is 0 Å². The van der Waals surface area contributed by atoms with Crippen LogP contribution in [0.15, 0.2) is 95.3 Å². The third-order valence-corrected chi connectivity index (χ3v) is 6.63. The van der Waals surface area contributed by atoms with Gasteiger partial charge in [-0.3, -0.25) is 4.98 Å². The molecule has 0 saturated heterocycles. The fourth-order valence-electron chi connectivity index (χ4n) is 2.95. The summed E-state index contributed by atoms with van der Waals surface area (Å²) >= 11 is 1.58. The lowest BCUT2D eigenvalue weighted by molar-refractivity contribution is 0.581. The molecule has 4 rings (SSSR count). The van der Waals surface area contributed by atoms with Crippen LogP contribution in [0, 0.1) is 0 Å². The number of nitrogens with zero attached hydrogens (tertiary/aromatic N) is 1. The molecule has 1 N–H and O–H groups in total. The van der Waals surface area contributed by atoms with E-state index in [1.165, 1.54) is 0 Å². The van der Waals surface area contributed by atoms with Crippen molar-refractivity contribution in [3.05, 3.63) is 96.0 Å². The van der Waals surface area contributed by atoms with Crippen molar-refractivity contribution < 1.29 is 8.42 Å². The Labute approximate surface area is 168 Å². The molecule has 0 aliphatic rings. The number of rotatable bonds is 6. The number of thiophene rings is 1. The molecule has 0 aliphatic carbocycles. The van der Waals surface area contributed by atoms with Crippen LogP contribution in [0.4, 0.5) is 0 Å². The summed E-state index contributed by atoms with van der Waals surface area (Å²) in [6, 6.07) is 24.3. The minimum atomic E-state index is -3.65. The second kappa shape index (κ2) is 8.06. The van der Waals surface area contributed by atoms with Crippen LogP contribution in [0.2, 0.25) is 0 Å². The van der Waals surface area contributed by atoms with E-state index in [9.17, 15) is 8.42 Å². The number of hydrogen-bond donors (Lipinski definition) is 1. The van der Waals surface area contributed by atoms with Gasteiger partial charge < -0.3 is 0 Å². The number of pyridine rings is 1. The fourth-order valence-corrected chi connectivity index (χ4v) is 4.75. The highest BCUT2D eigenvalue weighted by Gasteiger charge is 2.16. The Kier molecular flexibility index (Phi) is 5.34. The topological polar surface area (TPSA) is 59.1 Å². The van der Waals surface area contributed by atoms with E-state index in [4.69, 9.17) is 0 Å². The van der Waals surface area contributed by atoms with Crippen molar-refractivity contribution in [3.63, 3.8) is 0 Å². The zero-order valence-electron chi connectivity index (χ0n) is 14.9. The van der Waals surface area contributed by atoms with Crippen LogP contribution in [-0.2, 0) is 16.6 Å². The van der Waals surface area contributed by atoms with Gasteiger partial charge in [0.15, 0.2) is 0 Å². The molecule has 6 heteroatoms. The molecule has 2 heterocycles. The smallest absolute Gasteiger partial charge is 0.240 e. The van der Waals surface area contributed by atoms with Crippen molar-refractivity contribution >= 4 is 21.4 Å². The van der Waals surface area contributed by atoms with Gasteiger partial charge in [0, 0.05) is 12.7 Å². The van der Waals surface area contributed by atoms with Crippen molar-refractivity contribution in [1.29, 1.82) is 0 Å². The van der Waals surface area contributed by atoms with E-state index in [-0.39, 0.29) is 11.4 Å². The van der Waals surface area contributed by atoms with E-state index in [1.807, 2.05) is 66.0 Å². The molecule has 0 amide bonds. The van der Waals surface area contributed by atoms with E-state index in [0.29, 0.717) is 0 Å². The van der Waals surface area contributed by atoms with E-state index >= 15 is 0 Å². The molecule has 4 aromatic rings. The third kappa shape index (κ3) is 4.04. The van der Waals surface area contributed by atoms with Crippen LogP contribution in [-0.4, -0.2) is 13.4 Å². The fraction of sp³-hybridized carbons (Fsp3) is 0.0455. The molecule has 28 heavy (non-hydrogen) atoms. The summed E-state index contributed by atoms with van der Waals surface area (Å²) in [5.41, 5.74) is 3.49. The molecule has 0 fully saturated rings. The summed E-state index contributed by atoms with van der Waals surface area (Å²) in [5, 5.41) is 1.98. The number of hydrogen-bond acceptors (Lipinski definition) is 4. The first-order chi connectivity index (χ1) is 13.6. The maximum atomic E-state index is 12.9. The standard InChI is InChI=1S/C22H18N2O2S2/c25-28(26,20-11-4-9-18(15-20)17-7-2-1-3-8-17)24-16-19-10-5-13-23-22(19)21-12-6-14-27-21/h1-15,24H,16H2. The van der Waals surface area contributed by atoms with E-state index in [2.05, 4.69) is 9.71 Å². The first-order valence-corrected chi connectivity index (χ1v) is 11.1. The van der Waals surface area contributed by atoms with Crippen LogP contribution in [0.3, 0.4) is 0 Å². The van der Waals surface area contributed by atoms with Gasteiger partial charge in [-0.1, -0.05) is 54.6 Å². The van der Waals surface area contributed by atoms with Crippen molar-refractivity contribution in [1.82, 2.24) is 9.71 Å². The highest BCUT2D eigenvalue weighted by molar-refractivity contribution is 7.89. The molecule has 2 aromatic heterocycles. The zero-order valence-corrected chi connectivity index (χ0v) is 16.6.